The van der Waals surface area contributed by atoms with Crippen LogP contribution in [-0.2, 0) is 11.8 Å². The van der Waals surface area contributed by atoms with E-state index in [0.29, 0.717) is 10.5 Å². The van der Waals surface area contributed by atoms with Gasteiger partial charge >= 0.3 is 0 Å². The Hall–Kier alpha value is -2.12. The van der Waals surface area contributed by atoms with Gasteiger partial charge in [0.25, 0.3) is 5.56 Å². The summed E-state index contributed by atoms with van der Waals surface area (Å²) in [6.45, 7) is 7.71. The van der Waals surface area contributed by atoms with Crippen LogP contribution in [0.2, 0.25) is 0 Å². The van der Waals surface area contributed by atoms with E-state index in [1.54, 1.807) is 7.05 Å². The normalized spacial score (nSPS) is 12.3. The third-order valence-electron chi connectivity index (χ3n) is 4.42. The third kappa shape index (κ3) is 3.41. The van der Waals surface area contributed by atoms with Gasteiger partial charge in [0, 0.05) is 17.6 Å². The molecule has 5 nitrogen and oxygen atoms in total. The highest BCUT2D eigenvalue weighted by Crippen LogP contribution is 2.29. The molecular weight excluding hydrogens is 366 g/mol. The second-order valence-electron chi connectivity index (χ2n) is 6.29. The van der Waals surface area contributed by atoms with Crippen molar-refractivity contribution in [3.8, 4) is 0 Å². The molecule has 136 valence electrons. The minimum atomic E-state index is -0.382. The second-order valence-corrected chi connectivity index (χ2v) is 8.80. The van der Waals surface area contributed by atoms with Crippen LogP contribution in [0.3, 0.4) is 0 Å². The van der Waals surface area contributed by atoms with E-state index < -0.39 is 0 Å². The van der Waals surface area contributed by atoms with E-state index in [2.05, 4.69) is 10.3 Å². The minimum absolute atomic E-state index is 0.0640. The maximum absolute atomic E-state index is 12.7. The maximum atomic E-state index is 12.7. The summed E-state index contributed by atoms with van der Waals surface area (Å²) in [4.78, 5) is 31.7. The van der Waals surface area contributed by atoms with Crippen LogP contribution in [0.1, 0.15) is 22.9 Å². The number of carbonyl (C=O) groups excluding carboxylic acids is 1. The molecule has 2 heterocycles. The minimum Gasteiger partial charge on any atom is -0.325 e. The topological polar surface area (TPSA) is 64.0 Å². The third-order valence-corrected chi connectivity index (χ3v) is 6.67. The Labute approximate surface area is 160 Å². The molecule has 0 fully saturated rings. The van der Waals surface area contributed by atoms with E-state index in [1.165, 1.54) is 27.7 Å². The second kappa shape index (κ2) is 7.25. The standard InChI is InChI=1S/C19H21N3O2S2/c1-10-8-6-7-9-14(10)20-16(23)13(4)26-19-21-17-15(18(24)22(19)5)11(2)12(3)25-17/h6-9,13H,1-5H3,(H,20,23)/t13-/m0/s1. The molecule has 7 heteroatoms. The number of hydrogen-bond acceptors (Lipinski definition) is 5. The molecule has 0 bridgehead atoms. The van der Waals surface area contributed by atoms with Gasteiger partial charge in [-0.15, -0.1) is 11.3 Å². The number of hydrogen-bond donors (Lipinski definition) is 1. The van der Waals surface area contributed by atoms with Gasteiger partial charge in [0.15, 0.2) is 5.16 Å². The number of nitrogens with one attached hydrogen (secondary N) is 1. The Morgan fingerprint density at radius 1 is 1.27 bits per heavy atom. The summed E-state index contributed by atoms with van der Waals surface area (Å²) < 4.78 is 1.53. The van der Waals surface area contributed by atoms with Gasteiger partial charge in [-0.2, -0.15) is 0 Å². The van der Waals surface area contributed by atoms with Gasteiger partial charge in [-0.25, -0.2) is 4.98 Å². The summed E-state index contributed by atoms with van der Waals surface area (Å²) in [5.74, 6) is -0.114. The average Bonchev–Trinajstić information content (AvgIpc) is 2.88. The zero-order valence-corrected chi connectivity index (χ0v) is 17.0. The number of rotatable bonds is 4. The zero-order valence-electron chi connectivity index (χ0n) is 15.4. The number of amides is 1. The molecule has 26 heavy (non-hydrogen) atoms. The summed E-state index contributed by atoms with van der Waals surface area (Å²) in [6.07, 6.45) is 0. The molecule has 0 aliphatic rings. The number of thioether (sulfide) groups is 1. The molecular formula is C19H21N3O2S2. The fourth-order valence-electron chi connectivity index (χ4n) is 2.62. The predicted molar refractivity (Wildman–Crippen MR) is 109 cm³/mol. The van der Waals surface area contributed by atoms with Crippen molar-refractivity contribution in [2.75, 3.05) is 5.32 Å². The molecule has 0 aliphatic heterocycles. The molecule has 0 aliphatic carbocycles. The SMILES string of the molecule is Cc1ccccc1NC(=O)[C@H](C)Sc1nc2sc(C)c(C)c2c(=O)n1C. The predicted octanol–water partition coefficient (Wildman–Crippen LogP) is 4.04. The Morgan fingerprint density at radius 3 is 2.65 bits per heavy atom. The lowest BCUT2D eigenvalue weighted by Gasteiger charge is -2.14. The van der Waals surface area contributed by atoms with Crippen LogP contribution < -0.4 is 10.9 Å². The van der Waals surface area contributed by atoms with Crippen LogP contribution in [-0.4, -0.2) is 20.7 Å². The zero-order chi connectivity index (χ0) is 19.0. The lowest BCUT2D eigenvalue weighted by atomic mass is 10.2. The average molecular weight is 388 g/mol. The van der Waals surface area contributed by atoms with Crippen LogP contribution in [0.5, 0.6) is 0 Å². The first-order chi connectivity index (χ1) is 12.3. The van der Waals surface area contributed by atoms with Gasteiger partial charge in [0.05, 0.1) is 10.6 Å². The number of carbonyl (C=O) groups is 1. The molecule has 0 radical (unpaired) electrons. The summed E-state index contributed by atoms with van der Waals surface area (Å²) in [7, 11) is 1.70. The monoisotopic (exact) mass is 387 g/mol. The van der Waals surface area contributed by atoms with E-state index in [0.717, 1.165) is 26.5 Å². The number of thiophene rings is 1. The van der Waals surface area contributed by atoms with Crippen molar-refractivity contribution in [3.05, 3.63) is 50.6 Å². The highest BCUT2D eigenvalue weighted by molar-refractivity contribution is 8.00. The van der Waals surface area contributed by atoms with Crippen molar-refractivity contribution in [3.63, 3.8) is 0 Å². The molecule has 1 N–H and O–H groups in total. The van der Waals surface area contributed by atoms with E-state index in [4.69, 9.17) is 0 Å². The molecule has 3 aromatic rings. The van der Waals surface area contributed by atoms with Crippen LogP contribution in [0.4, 0.5) is 5.69 Å². The van der Waals surface area contributed by atoms with Gasteiger partial charge in [-0.3, -0.25) is 14.2 Å². The van der Waals surface area contributed by atoms with E-state index in [-0.39, 0.29) is 16.7 Å². The van der Waals surface area contributed by atoms with Gasteiger partial charge in [-0.05, 0) is 44.9 Å². The molecule has 0 saturated heterocycles. The molecule has 1 atom stereocenters. The number of anilines is 1. The van der Waals surface area contributed by atoms with Crippen molar-refractivity contribution in [2.24, 2.45) is 7.05 Å². The summed E-state index contributed by atoms with van der Waals surface area (Å²) in [5, 5.41) is 3.79. The number of para-hydroxylation sites is 1. The number of aryl methyl sites for hydroxylation is 3. The molecule has 3 rings (SSSR count). The lowest BCUT2D eigenvalue weighted by Crippen LogP contribution is -2.25. The summed E-state index contributed by atoms with van der Waals surface area (Å²) in [5.41, 5.74) is 2.73. The van der Waals surface area contributed by atoms with E-state index in [9.17, 15) is 9.59 Å². The van der Waals surface area contributed by atoms with Gasteiger partial charge in [-0.1, -0.05) is 30.0 Å². The first-order valence-corrected chi connectivity index (χ1v) is 9.99. The first-order valence-electron chi connectivity index (χ1n) is 8.29. The van der Waals surface area contributed by atoms with Crippen molar-refractivity contribution >= 4 is 44.9 Å². The first kappa shape index (κ1) is 18.7. The van der Waals surface area contributed by atoms with Crippen LogP contribution in [0.15, 0.2) is 34.2 Å². The van der Waals surface area contributed by atoms with E-state index >= 15 is 0 Å². The Bertz CT molecular complexity index is 1050. The fourth-order valence-corrected chi connectivity index (χ4v) is 4.57. The van der Waals surface area contributed by atoms with Crippen molar-refractivity contribution in [1.29, 1.82) is 0 Å². The Balaban J connectivity index is 1.86. The number of fused-ring (bicyclic) bond motifs is 1. The quantitative estimate of drug-likeness (QED) is 0.542. The van der Waals surface area contributed by atoms with Gasteiger partial charge < -0.3 is 5.32 Å². The fraction of sp³-hybridized carbons (Fsp3) is 0.316. The largest absolute Gasteiger partial charge is 0.325 e. The number of nitrogens with zero attached hydrogens (tertiary/aromatic N) is 2. The smallest absolute Gasteiger partial charge is 0.262 e. The molecule has 0 saturated carbocycles. The van der Waals surface area contributed by atoms with Crippen molar-refractivity contribution < 1.29 is 4.79 Å². The van der Waals surface area contributed by atoms with Crippen LogP contribution >= 0.6 is 23.1 Å². The van der Waals surface area contributed by atoms with Crippen molar-refractivity contribution in [2.45, 2.75) is 38.1 Å². The molecule has 0 spiro atoms. The summed E-state index contributed by atoms with van der Waals surface area (Å²) >= 11 is 2.81. The molecule has 2 aromatic heterocycles. The Morgan fingerprint density at radius 2 is 1.96 bits per heavy atom. The van der Waals surface area contributed by atoms with Crippen molar-refractivity contribution in [1.82, 2.24) is 9.55 Å². The lowest BCUT2D eigenvalue weighted by molar-refractivity contribution is -0.115. The van der Waals surface area contributed by atoms with Crippen LogP contribution in [0, 0.1) is 20.8 Å². The highest BCUT2D eigenvalue weighted by atomic mass is 32.2. The summed E-state index contributed by atoms with van der Waals surface area (Å²) in [6, 6.07) is 7.65. The highest BCUT2D eigenvalue weighted by Gasteiger charge is 2.20. The Kier molecular flexibility index (Phi) is 5.20. The van der Waals surface area contributed by atoms with Gasteiger partial charge in [0.2, 0.25) is 5.91 Å². The molecule has 1 aromatic carbocycles. The maximum Gasteiger partial charge on any atom is 0.262 e. The van der Waals surface area contributed by atoms with E-state index in [1.807, 2.05) is 52.0 Å². The van der Waals surface area contributed by atoms with Gasteiger partial charge in [0.1, 0.15) is 4.83 Å². The molecule has 0 unspecified atom stereocenters. The van der Waals surface area contributed by atoms with Crippen LogP contribution in [0.25, 0.3) is 10.2 Å². The number of aromatic nitrogens is 2. The number of benzene rings is 1. The molecule has 1 amide bonds.